The molecular weight excluding hydrogens is 250 g/mol. The Morgan fingerprint density at radius 3 is 2.61 bits per heavy atom. The molecule has 0 aliphatic carbocycles. The van der Waals surface area contributed by atoms with Crippen LogP contribution in [0.15, 0.2) is 29.2 Å². The molecule has 2 fully saturated rings. The molecule has 0 radical (unpaired) electrons. The highest BCUT2D eigenvalue weighted by Crippen LogP contribution is 2.31. The monoisotopic (exact) mass is 267 g/mol. The molecule has 2 saturated heterocycles. The van der Waals surface area contributed by atoms with E-state index < -0.39 is 9.84 Å². The third kappa shape index (κ3) is 1.96. The molecule has 5 heteroatoms. The number of hydrogen-bond donors (Lipinski definition) is 1. The van der Waals surface area contributed by atoms with Gasteiger partial charge in [0.05, 0.1) is 18.1 Å². The smallest absolute Gasteiger partial charge is 0.186 e. The summed E-state index contributed by atoms with van der Waals surface area (Å²) in [6, 6.07) is 7.41. The average molecular weight is 267 g/mol. The van der Waals surface area contributed by atoms with Crippen molar-refractivity contribution in [2.75, 3.05) is 26.3 Å². The van der Waals surface area contributed by atoms with E-state index in [2.05, 4.69) is 5.32 Å². The molecule has 1 aromatic rings. The predicted octanol–water partition coefficient (Wildman–Crippen LogP) is 0.936. The summed E-state index contributed by atoms with van der Waals surface area (Å²) in [5.41, 5.74) is 0.967. The minimum Gasteiger partial charge on any atom is -0.379 e. The van der Waals surface area contributed by atoms with Crippen molar-refractivity contribution in [1.29, 1.82) is 0 Å². The maximum absolute atomic E-state index is 12.5. The molecule has 98 valence electrons. The van der Waals surface area contributed by atoms with Crippen LogP contribution in [0.5, 0.6) is 0 Å². The summed E-state index contributed by atoms with van der Waals surface area (Å²) in [5.74, 6) is 0.317. The summed E-state index contributed by atoms with van der Waals surface area (Å²) in [4.78, 5) is 0.506. The summed E-state index contributed by atoms with van der Waals surface area (Å²) in [7, 11) is -3.22. The number of benzene rings is 1. The molecule has 4 nitrogen and oxygen atoms in total. The lowest BCUT2D eigenvalue weighted by molar-refractivity contribution is 0.0415. The minimum atomic E-state index is -3.22. The van der Waals surface area contributed by atoms with Crippen LogP contribution < -0.4 is 5.32 Å². The molecule has 2 aliphatic heterocycles. The van der Waals surface area contributed by atoms with Crippen LogP contribution in [0.4, 0.5) is 0 Å². The molecule has 1 unspecified atom stereocenters. The Kier molecular flexibility index (Phi) is 3.13. The summed E-state index contributed by atoms with van der Waals surface area (Å²) >= 11 is 0. The van der Waals surface area contributed by atoms with Gasteiger partial charge in [0.2, 0.25) is 0 Å². The highest BCUT2D eigenvalue weighted by Gasteiger charge is 2.36. The quantitative estimate of drug-likeness (QED) is 0.885. The van der Waals surface area contributed by atoms with Crippen molar-refractivity contribution in [2.45, 2.75) is 22.5 Å². The van der Waals surface area contributed by atoms with Gasteiger partial charge < -0.3 is 10.1 Å². The SMILES string of the molecule is O=S(=O)(c1ccccc1C1CCNC1)C1COC1. The largest absolute Gasteiger partial charge is 0.379 e. The van der Waals surface area contributed by atoms with Gasteiger partial charge in [0, 0.05) is 6.54 Å². The van der Waals surface area contributed by atoms with E-state index >= 15 is 0 Å². The summed E-state index contributed by atoms with van der Waals surface area (Å²) in [5, 5.41) is 2.93. The molecule has 0 saturated carbocycles. The van der Waals surface area contributed by atoms with Gasteiger partial charge in [-0.2, -0.15) is 0 Å². The van der Waals surface area contributed by atoms with Crippen LogP contribution >= 0.6 is 0 Å². The fraction of sp³-hybridized carbons (Fsp3) is 0.538. The highest BCUT2D eigenvalue weighted by atomic mass is 32.2. The van der Waals surface area contributed by atoms with Crippen LogP contribution in [0.3, 0.4) is 0 Å². The predicted molar refractivity (Wildman–Crippen MR) is 68.5 cm³/mol. The second-order valence-corrected chi connectivity index (χ2v) is 7.13. The Balaban J connectivity index is 2.00. The van der Waals surface area contributed by atoms with Gasteiger partial charge in [0.15, 0.2) is 9.84 Å². The van der Waals surface area contributed by atoms with Gasteiger partial charge >= 0.3 is 0 Å². The van der Waals surface area contributed by atoms with E-state index in [0.717, 1.165) is 25.1 Å². The van der Waals surface area contributed by atoms with Crippen molar-refractivity contribution in [2.24, 2.45) is 0 Å². The zero-order valence-electron chi connectivity index (χ0n) is 10.1. The van der Waals surface area contributed by atoms with Crippen LogP contribution in [-0.2, 0) is 14.6 Å². The fourth-order valence-corrected chi connectivity index (χ4v) is 4.31. The minimum absolute atomic E-state index is 0.317. The van der Waals surface area contributed by atoms with Crippen LogP contribution in [0.2, 0.25) is 0 Å². The molecule has 0 spiro atoms. The Morgan fingerprint density at radius 2 is 2.00 bits per heavy atom. The normalized spacial score (nSPS) is 25.0. The zero-order chi connectivity index (χ0) is 12.6. The fourth-order valence-electron chi connectivity index (χ4n) is 2.57. The molecule has 3 rings (SSSR count). The van der Waals surface area contributed by atoms with Gasteiger partial charge in [-0.15, -0.1) is 0 Å². The van der Waals surface area contributed by atoms with Crippen LogP contribution in [0, 0.1) is 0 Å². The lowest BCUT2D eigenvalue weighted by Crippen LogP contribution is -2.41. The van der Waals surface area contributed by atoms with Crippen molar-refractivity contribution < 1.29 is 13.2 Å². The lowest BCUT2D eigenvalue weighted by atomic mass is 9.99. The van der Waals surface area contributed by atoms with Gasteiger partial charge in [-0.05, 0) is 30.5 Å². The first kappa shape index (κ1) is 12.1. The van der Waals surface area contributed by atoms with E-state index in [1.54, 1.807) is 12.1 Å². The van der Waals surface area contributed by atoms with Crippen molar-refractivity contribution in [3.8, 4) is 0 Å². The van der Waals surface area contributed by atoms with Gasteiger partial charge in [0.1, 0.15) is 5.25 Å². The number of hydrogen-bond acceptors (Lipinski definition) is 4. The molecule has 1 N–H and O–H groups in total. The first-order valence-corrected chi connectivity index (χ1v) is 7.85. The molecular formula is C13H17NO3S. The molecule has 2 aliphatic rings. The van der Waals surface area contributed by atoms with Gasteiger partial charge in [0.25, 0.3) is 0 Å². The Bertz CT molecular complexity index is 531. The number of sulfone groups is 1. The summed E-state index contributed by atoms with van der Waals surface area (Å²) in [6.07, 6.45) is 1.01. The van der Waals surface area contributed by atoms with E-state index in [4.69, 9.17) is 4.74 Å². The Hall–Kier alpha value is -0.910. The van der Waals surface area contributed by atoms with Gasteiger partial charge in [-0.25, -0.2) is 8.42 Å². The van der Waals surface area contributed by atoms with Crippen LogP contribution in [0.1, 0.15) is 17.9 Å². The number of rotatable bonds is 3. The molecule has 1 aromatic carbocycles. The van der Waals surface area contributed by atoms with Gasteiger partial charge in [-0.3, -0.25) is 0 Å². The Labute approximate surface area is 107 Å². The number of ether oxygens (including phenoxy) is 1. The summed E-state index contributed by atoms with van der Waals surface area (Å²) < 4.78 is 30.0. The second-order valence-electron chi connectivity index (χ2n) is 4.93. The van der Waals surface area contributed by atoms with Gasteiger partial charge in [-0.1, -0.05) is 18.2 Å². The standard InChI is InChI=1S/C13H17NO3S/c15-18(16,11-8-17-9-11)13-4-2-1-3-12(13)10-5-6-14-7-10/h1-4,10-11,14H,5-9H2. The van der Waals surface area contributed by atoms with Crippen molar-refractivity contribution in [3.63, 3.8) is 0 Å². The molecule has 0 aromatic heterocycles. The van der Waals surface area contributed by atoms with E-state index in [1.807, 2.05) is 12.1 Å². The van der Waals surface area contributed by atoms with E-state index in [1.165, 1.54) is 0 Å². The topological polar surface area (TPSA) is 55.4 Å². The zero-order valence-corrected chi connectivity index (χ0v) is 10.9. The van der Waals surface area contributed by atoms with Crippen molar-refractivity contribution >= 4 is 9.84 Å². The highest BCUT2D eigenvalue weighted by molar-refractivity contribution is 7.92. The Morgan fingerprint density at radius 1 is 1.22 bits per heavy atom. The number of nitrogens with one attached hydrogen (secondary N) is 1. The third-order valence-electron chi connectivity index (χ3n) is 3.77. The van der Waals surface area contributed by atoms with E-state index in [9.17, 15) is 8.42 Å². The first-order chi connectivity index (χ1) is 8.69. The van der Waals surface area contributed by atoms with E-state index in [0.29, 0.717) is 24.0 Å². The molecule has 2 heterocycles. The lowest BCUT2D eigenvalue weighted by Gasteiger charge is -2.27. The molecule has 1 atom stereocenters. The summed E-state index contributed by atoms with van der Waals surface area (Å²) in [6.45, 7) is 2.50. The molecule has 0 amide bonds. The molecule has 18 heavy (non-hydrogen) atoms. The van der Waals surface area contributed by atoms with Crippen LogP contribution in [-0.4, -0.2) is 40.0 Å². The molecule has 0 bridgehead atoms. The van der Waals surface area contributed by atoms with E-state index in [-0.39, 0.29) is 5.25 Å². The maximum Gasteiger partial charge on any atom is 0.186 e. The van der Waals surface area contributed by atoms with Crippen molar-refractivity contribution in [3.05, 3.63) is 29.8 Å². The first-order valence-electron chi connectivity index (χ1n) is 6.31. The van der Waals surface area contributed by atoms with Crippen molar-refractivity contribution in [1.82, 2.24) is 5.32 Å². The van der Waals surface area contributed by atoms with Crippen LogP contribution in [0.25, 0.3) is 0 Å². The average Bonchev–Trinajstić information content (AvgIpc) is 2.79. The second kappa shape index (κ2) is 4.64. The third-order valence-corrected chi connectivity index (χ3v) is 5.91. The maximum atomic E-state index is 12.5.